The van der Waals surface area contributed by atoms with Crippen molar-refractivity contribution >= 4 is 15.7 Å². The average molecular weight is 471 g/mol. The number of benzene rings is 2. The van der Waals surface area contributed by atoms with Crippen molar-refractivity contribution in [3.05, 3.63) is 60.4 Å². The highest BCUT2D eigenvalue weighted by atomic mass is 32.2. The van der Waals surface area contributed by atoms with E-state index in [0.717, 1.165) is 31.9 Å². The second-order valence-electron chi connectivity index (χ2n) is 8.13. The van der Waals surface area contributed by atoms with E-state index in [-0.39, 0.29) is 4.90 Å². The molecule has 2 heterocycles. The number of ether oxygens (including phenoxy) is 1. The first-order chi connectivity index (χ1) is 15.9. The topological polar surface area (TPSA) is 92.6 Å². The van der Waals surface area contributed by atoms with Crippen LogP contribution in [0.5, 0.6) is 11.8 Å². The van der Waals surface area contributed by atoms with Crippen molar-refractivity contribution in [2.75, 3.05) is 38.1 Å². The Hall–Kier alpha value is -2.95. The summed E-state index contributed by atoms with van der Waals surface area (Å²) in [6.45, 7) is 8.20. The van der Waals surface area contributed by atoms with Crippen LogP contribution in [0.3, 0.4) is 0 Å². The number of aromatic nitrogens is 3. The van der Waals surface area contributed by atoms with Gasteiger partial charge in [-0.15, -0.1) is 5.10 Å². The van der Waals surface area contributed by atoms with Crippen molar-refractivity contribution in [1.82, 2.24) is 24.4 Å². The Labute approximate surface area is 195 Å². The molecular weight excluding hydrogens is 440 g/mol. The Kier molecular flexibility index (Phi) is 6.96. The minimum atomic E-state index is -3.69. The summed E-state index contributed by atoms with van der Waals surface area (Å²) < 4.78 is 36.0. The summed E-state index contributed by atoms with van der Waals surface area (Å²) in [7, 11) is -1.55. The van der Waals surface area contributed by atoms with Gasteiger partial charge in [0.15, 0.2) is 5.82 Å². The van der Waals surface area contributed by atoms with Crippen LogP contribution in [0.1, 0.15) is 25.7 Å². The van der Waals surface area contributed by atoms with Gasteiger partial charge >= 0.3 is 6.01 Å². The van der Waals surface area contributed by atoms with Gasteiger partial charge < -0.3 is 14.5 Å². The molecule has 0 amide bonds. The minimum Gasteiger partial charge on any atom is -0.424 e. The molecule has 2 aromatic carbocycles. The monoisotopic (exact) mass is 470 g/mol. The van der Waals surface area contributed by atoms with E-state index in [9.17, 15) is 8.42 Å². The van der Waals surface area contributed by atoms with Crippen molar-refractivity contribution in [2.45, 2.75) is 31.3 Å². The molecule has 0 bridgehead atoms. The van der Waals surface area contributed by atoms with Crippen molar-refractivity contribution < 1.29 is 13.2 Å². The lowest BCUT2D eigenvalue weighted by molar-refractivity contribution is 0.312. The van der Waals surface area contributed by atoms with Gasteiger partial charge in [0.25, 0.3) is 0 Å². The number of hydrogen-bond donors (Lipinski definition) is 1. The molecule has 1 aromatic heterocycles. The predicted molar refractivity (Wildman–Crippen MR) is 127 cm³/mol. The van der Waals surface area contributed by atoms with E-state index < -0.39 is 16.1 Å². The maximum Gasteiger partial charge on any atom is 0.322 e. The highest BCUT2D eigenvalue weighted by Gasteiger charge is 2.24. The first-order valence-corrected chi connectivity index (χ1v) is 12.6. The van der Waals surface area contributed by atoms with E-state index in [0.29, 0.717) is 24.1 Å². The normalized spacial score (nSPS) is 16.0. The molecule has 176 valence electrons. The molecule has 1 N–H and O–H groups in total. The first-order valence-electron chi connectivity index (χ1n) is 11.1. The zero-order valence-corrected chi connectivity index (χ0v) is 20.0. The summed E-state index contributed by atoms with van der Waals surface area (Å²) in [6.07, 6.45) is 0. The maximum atomic E-state index is 12.7. The van der Waals surface area contributed by atoms with Crippen molar-refractivity contribution in [3.8, 4) is 11.8 Å². The summed E-state index contributed by atoms with van der Waals surface area (Å²) in [5, 5.41) is 8.42. The lowest BCUT2D eigenvalue weighted by atomic mass is 10.2. The number of nitrogens with one attached hydrogen (secondary N) is 1. The first kappa shape index (κ1) is 23.2. The van der Waals surface area contributed by atoms with Crippen LogP contribution < -0.4 is 14.4 Å². The summed E-state index contributed by atoms with van der Waals surface area (Å²) >= 11 is 0. The maximum absolute atomic E-state index is 12.7. The molecule has 0 spiro atoms. The van der Waals surface area contributed by atoms with Gasteiger partial charge in [0, 0.05) is 44.5 Å². The van der Waals surface area contributed by atoms with Gasteiger partial charge in [-0.2, -0.15) is 0 Å². The summed E-state index contributed by atoms with van der Waals surface area (Å²) in [5.74, 6) is 1.15. The van der Waals surface area contributed by atoms with E-state index in [2.05, 4.69) is 37.8 Å². The second-order valence-corrected chi connectivity index (χ2v) is 9.84. The van der Waals surface area contributed by atoms with Crippen LogP contribution in [-0.4, -0.2) is 61.3 Å². The fraction of sp³-hybridized carbons (Fsp3) is 0.391. The molecule has 0 unspecified atom stereocenters. The number of nitrogens with zero attached hydrogens (tertiary/aromatic N) is 5. The van der Waals surface area contributed by atoms with Crippen molar-refractivity contribution in [3.63, 3.8) is 0 Å². The molecule has 3 aromatic rings. The average Bonchev–Trinajstić information content (AvgIpc) is 3.22. The molecule has 0 aliphatic carbocycles. The molecule has 1 atom stereocenters. The number of anilines is 1. The van der Waals surface area contributed by atoms with E-state index >= 15 is 0 Å². The number of sulfonamides is 1. The van der Waals surface area contributed by atoms with Gasteiger partial charge in [-0.25, -0.2) is 13.1 Å². The van der Waals surface area contributed by atoms with Crippen molar-refractivity contribution in [2.24, 2.45) is 0 Å². The molecule has 33 heavy (non-hydrogen) atoms. The standard InChI is InChI=1S/C23H30N6O3S/c1-4-29-22(18(2)26-33(30,31)21-11-6-5-7-12-21)24-25-23(29)32-20-10-8-9-19(17-20)28-15-13-27(3)14-16-28/h5-12,17-18,26H,4,13-16H2,1-3H3/t18-/m1/s1. The van der Waals surface area contributed by atoms with E-state index in [4.69, 9.17) is 4.74 Å². The SMILES string of the molecule is CCn1c(Oc2cccc(N3CCN(C)CC3)c2)nnc1[C@@H](C)NS(=O)(=O)c1ccccc1. The van der Waals surface area contributed by atoms with Crippen LogP contribution in [0.25, 0.3) is 0 Å². The molecule has 10 heteroatoms. The number of piperazine rings is 1. The lowest BCUT2D eigenvalue weighted by Gasteiger charge is -2.34. The third kappa shape index (κ3) is 5.35. The van der Waals surface area contributed by atoms with Gasteiger partial charge in [0.1, 0.15) is 5.75 Å². The van der Waals surface area contributed by atoms with E-state index in [1.807, 2.05) is 25.1 Å². The van der Waals surface area contributed by atoms with Crippen LogP contribution in [0.2, 0.25) is 0 Å². The molecule has 9 nitrogen and oxygen atoms in total. The van der Waals surface area contributed by atoms with E-state index in [1.54, 1.807) is 41.8 Å². The molecule has 0 saturated carbocycles. The fourth-order valence-corrected chi connectivity index (χ4v) is 5.08. The number of rotatable bonds is 8. The van der Waals surface area contributed by atoms with Crippen molar-refractivity contribution in [1.29, 1.82) is 0 Å². The number of likely N-dealkylation sites (N-methyl/N-ethyl adjacent to an activating group) is 1. The molecule has 1 aliphatic rings. The summed E-state index contributed by atoms with van der Waals surface area (Å²) in [6, 6.07) is 15.9. The summed E-state index contributed by atoms with van der Waals surface area (Å²) in [4.78, 5) is 4.86. The Morgan fingerprint density at radius 2 is 1.76 bits per heavy atom. The highest BCUT2D eigenvalue weighted by Crippen LogP contribution is 2.27. The van der Waals surface area contributed by atoms with Crippen LogP contribution in [0, 0.1) is 0 Å². The van der Waals surface area contributed by atoms with Crippen LogP contribution in [0.15, 0.2) is 59.5 Å². The zero-order chi connectivity index (χ0) is 23.4. The van der Waals surface area contributed by atoms with Gasteiger partial charge in [-0.1, -0.05) is 29.4 Å². The van der Waals surface area contributed by atoms with Crippen LogP contribution in [-0.2, 0) is 16.6 Å². The molecule has 1 fully saturated rings. The van der Waals surface area contributed by atoms with Crippen LogP contribution in [0.4, 0.5) is 5.69 Å². The minimum absolute atomic E-state index is 0.205. The second kappa shape index (κ2) is 9.90. The van der Waals surface area contributed by atoms with Gasteiger partial charge in [-0.3, -0.25) is 4.57 Å². The van der Waals surface area contributed by atoms with E-state index in [1.165, 1.54) is 0 Å². The predicted octanol–water partition coefficient (Wildman–Crippen LogP) is 2.88. The Balaban J connectivity index is 1.51. The quantitative estimate of drug-likeness (QED) is 0.541. The van der Waals surface area contributed by atoms with Crippen LogP contribution >= 0.6 is 0 Å². The Morgan fingerprint density at radius 3 is 2.45 bits per heavy atom. The Morgan fingerprint density at radius 1 is 1.03 bits per heavy atom. The fourth-order valence-electron chi connectivity index (χ4n) is 3.86. The number of hydrogen-bond acceptors (Lipinski definition) is 7. The Bertz CT molecular complexity index is 1170. The lowest BCUT2D eigenvalue weighted by Crippen LogP contribution is -2.44. The van der Waals surface area contributed by atoms with Gasteiger partial charge in [0.05, 0.1) is 10.9 Å². The molecule has 1 saturated heterocycles. The largest absolute Gasteiger partial charge is 0.424 e. The zero-order valence-electron chi connectivity index (χ0n) is 19.2. The third-order valence-corrected chi connectivity index (χ3v) is 7.29. The summed E-state index contributed by atoms with van der Waals surface area (Å²) in [5.41, 5.74) is 1.10. The smallest absolute Gasteiger partial charge is 0.322 e. The molecular formula is C23H30N6O3S. The van der Waals surface area contributed by atoms with Gasteiger partial charge in [0.2, 0.25) is 10.0 Å². The third-order valence-electron chi connectivity index (χ3n) is 5.73. The molecule has 1 aliphatic heterocycles. The molecule has 0 radical (unpaired) electrons. The van der Waals surface area contributed by atoms with Gasteiger partial charge in [-0.05, 0) is 45.2 Å². The molecule has 4 rings (SSSR count). The highest BCUT2D eigenvalue weighted by molar-refractivity contribution is 7.89.